The number of hydrogen-bond donors (Lipinski definition) is 2. The molecule has 1 saturated carbocycles. The number of benzene rings is 3. The third-order valence-corrected chi connectivity index (χ3v) is 11.2. The summed E-state index contributed by atoms with van der Waals surface area (Å²) in [5, 5.41) is 11.8. The number of carbonyl (C=O) groups excluding carboxylic acids is 4. The Morgan fingerprint density at radius 1 is 0.692 bits per heavy atom. The maximum absolute atomic E-state index is 13.4. The van der Waals surface area contributed by atoms with Crippen LogP contribution in [0.5, 0.6) is 0 Å². The number of aromatic nitrogens is 2. The molecule has 0 bridgehead atoms. The van der Waals surface area contributed by atoms with Crippen LogP contribution in [0.3, 0.4) is 0 Å². The van der Waals surface area contributed by atoms with E-state index >= 15 is 0 Å². The van der Waals surface area contributed by atoms with Gasteiger partial charge in [-0.3, -0.25) is 19.2 Å². The lowest BCUT2D eigenvalue weighted by Gasteiger charge is -2.30. The molecule has 0 radical (unpaired) electrons. The summed E-state index contributed by atoms with van der Waals surface area (Å²) in [4.78, 5) is 62.2. The molecule has 2 heterocycles. The molecule has 3 aromatic carbocycles. The van der Waals surface area contributed by atoms with Crippen LogP contribution in [0.2, 0.25) is 10.0 Å². The molecule has 1 fully saturated rings. The van der Waals surface area contributed by atoms with Gasteiger partial charge in [-0.2, -0.15) is 0 Å². The molecule has 1 aliphatic rings. The number of carbonyl (C=O) groups is 4. The minimum absolute atomic E-state index is 0.0516. The topological polar surface area (TPSA) is 127 Å². The standard InChI is InChI=1S/C39H36Cl2N4O5S2/c40-28-15-11-26(12-16-28)38-44-32(22-51-38)36(48)42-30(19-24-7-3-1-4-8-24)20-34(46)50-35(47)21-31(25-9-5-2-6-10-25)43-37(49)33-23-52-39(45-33)27-13-17-29(41)18-14-27/h1,3-4,7-8,11-18,22-23,25,30-31H,2,5-6,9-10,19-21H2,(H,42,48)(H,43,49). The summed E-state index contributed by atoms with van der Waals surface area (Å²) in [5.41, 5.74) is 3.03. The van der Waals surface area contributed by atoms with Gasteiger partial charge in [0.2, 0.25) is 0 Å². The summed E-state index contributed by atoms with van der Waals surface area (Å²) in [7, 11) is 0. The second-order valence-corrected chi connectivity index (χ2v) is 15.3. The van der Waals surface area contributed by atoms with Gasteiger partial charge in [0.05, 0.1) is 12.8 Å². The fourth-order valence-corrected chi connectivity index (χ4v) is 8.11. The predicted molar refractivity (Wildman–Crippen MR) is 205 cm³/mol. The predicted octanol–water partition coefficient (Wildman–Crippen LogP) is 8.81. The normalized spacial score (nSPS) is 14.3. The Bertz CT molecular complexity index is 1990. The number of thiazole rings is 2. The average molecular weight is 776 g/mol. The molecule has 6 rings (SSSR count). The fourth-order valence-electron chi connectivity index (χ4n) is 6.24. The lowest BCUT2D eigenvalue weighted by Crippen LogP contribution is -2.43. The Balaban J connectivity index is 1.09. The van der Waals surface area contributed by atoms with E-state index in [0.29, 0.717) is 26.5 Å². The molecule has 2 N–H and O–H groups in total. The van der Waals surface area contributed by atoms with E-state index in [0.717, 1.165) is 48.8 Å². The van der Waals surface area contributed by atoms with Crippen molar-refractivity contribution >= 4 is 69.6 Å². The number of nitrogens with one attached hydrogen (secondary N) is 2. The Kier molecular flexibility index (Phi) is 12.8. The van der Waals surface area contributed by atoms with Gasteiger partial charge in [-0.25, -0.2) is 9.97 Å². The second kappa shape index (κ2) is 17.9. The number of nitrogens with zero attached hydrogens (tertiary/aromatic N) is 2. The first-order chi connectivity index (χ1) is 25.2. The zero-order valence-corrected chi connectivity index (χ0v) is 31.2. The molecule has 5 aromatic rings. The summed E-state index contributed by atoms with van der Waals surface area (Å²) in [6.45, 7) is 0. The molecule has 2 aromatic heterocycles. The first-order valence-corrected chi connectivity index (χ1v) is 19.5. The number of halogens is 2. The third-order valence-electron chi connectivity index (χ3n) is 8.88. The van der Waals surface area contributed by atoms with Crippen LogP contribution in [-0.4, -0.2) is 45.8 Å². The molecular formula is C39H36Cl2N4O5S2. The van der Waals surface area contributed by atoms with E-state index in [4.69, 9.17) is 27.9 Å². The second-order valence-electron chi connectivity index (χ2n) is 12.7. The zero-order chi connectivity index (χ0) is 36.5. The minimum atomic E-state index is -0.771. The van der Waals surface area contributed by atoms with E-state index in [9.17, 15) is 19.2 Å². The molecule has 0 aliphatic heterocycles. The van der Waals surface area contributed by atoms with Crippen LogP contribution in [0.15, 0.2) is 89.6 Å². The van der Waals surface area contributed by atoms with E-state index in [1.54, 1.807) is 35.0 Å². The zero-order valence-electron chi connectivity index (χ0n) is 28.1. The van der Waals surface area contributed by atoms with E-state index in [1.807, 2.05) is 54.6 Å². The first kappa shape index (κ1) is 37.3. The van der Waals surface area contributed by atoms with Crippen molar-refractivity contribution in [1.82, 2.24) is 20.6 Å². The average Bonchev–Trinajstić information content (AvgIpc) is 3.84. The van der Waals surface area contributed by atoms with Crippen LogP contribution >= 0.6 is 45.9 Å². The highest BCUT2D eigenvalue weighted by atomic mass is 35.5. The Morgan fingerprint density at radius 2 is 1.21 bits per heavy atom. The molecule has 2 unspecified atom stereocenters. The number of ether oxygens (including phenoxy) is 1. The van der Waals surface area contributed by atoms with Crippen molar-refractivity contribution in [2.45, 2.75) is 63.5 Å². The molecule has 2 amide bonds. The molecule has 52 heavy (non-hydrogen) atoms. The van der Waals surface area contributed by atoms with Crippen molar-refractivity contribution in [3.8, 4) is 21.1 Å². The third kappa shape index (κ3) is 10.3. The maximum Gasteiger partial charge on any atom is 0.315 e. The van der Waals surface area contributed by atoms with Gasteiger partial charge < -0.3 is 15.4 Å². The first-order valence-electron chi connectivity index (χ1n) is 17.0. The SMILES string of the molecule is O=C(CC(Cc1ccccc1)NC(=O)c1csc(-c2ccc(Cl)cc2)n1)OC(=O)CC(NC(=O)c1csc(-c2ccc(Cl)cc2)n1)C1CCCCC1. The van der Waals surface area contributed by atoms with Gasteiger partial charge in [-0.15, -0.1) is 22.7 Å². The van der Waals surface area contributed by atoms with E-state index in [1.165, 1.54) is 22.7 Å². The molecular weight excluding hydrogens is 739 g/mol. The Hall–Kier alpha value is -4.42. The Labute approximate surface area is 319 Å². The van der Waals surface area contributed by atoms with Crippen LogP contribution in [0, 0.1) is 5.92 Å². The van der Waals surface area contributed by atoms with Crippen LogP contribution < -0.4 is 10.6 Å². The largest absolute Gasteiger partial charge is 0.393 e. The summed E-state index contributed by atoms with van der Waals surface area (Å²) in [6, 6.07) is 22.6. The van der Waals surface area contributed by atoms with Gasteiger partial charge in [0, 0.05) is 44.0 Å². The van der Waals surface area contributed by atoms with Gasteiger partial charge in [-0.1, -0.05) is 97.1 Å². The lowest BCUT2D eigenvalue weighted by molar-refractivity contribution is -0.160. The van der Waals surface area contributed by atoms with Crippen LogP contribution in [-0.2, 0) is 20.7 Å². The number of rotatable bonds is 13. The molecule has 0 saturated heterocycles. The fraction of sp³-hybridized carbons (Fsp3) is 0.282. The molecule has 9 nitrogen and oxygen atoms in total. The smallest absolute Gasteiger partial charge is 0.315 e. The highest BCUT2D eigenvalue weighted by molar-refractivity contribution is 7.13. The monoisotopic (exact) mass is 774 g/mol. The van der Waals surface area contributed by atoms with Crippen molar-refractivity contribution in [1.29, 1.82) is 0 Å². The maximum atomic E-state index is 13.4. The number of hydrogen-bond acceptors (Lipinski definition) is 9. The van der Waals surface area contributed by atoms with E-state index in [2.05, 4.69) is 20.6 Å². The van der Waals surface area contributed by atoms with Crippen LogP contribution in [0.1, 0.15) is 71.5 Å². The van der Waals surface area contributed by atoms with Gasteiger partial charge in [0.15, 0.2) is 0 Å². The van der Waals surface area contributed by atoms with Crippen molar-refractivity contribution < 1.29 is 23.9 Å². The van der Waals surface area contributed by atoms with Gasteiger partial charge in [-0.05, 0) is 55.0 Å². The van der Waals surface area contributed by atoms with Crippen LogP contribution in [0.4, 0.5) is 0 Å². The van der Waals surface area contributed by atoms with Gasteiger partial charge >= 0.3 is 11.9 Å². The summed E-state index contributed by atoms with van der Waals surface area (Å²) in [6.07, 6.45) is 4.69. The van der Waals surface area contributed by atoms with Gasteiger partial charge in [0.25, 0.3) is 11.8 Å². The number of esters is 2. The van der Waals surface area contributed by atoms with E-state index in [-0.39, 0.29) is 30.1 Å². The van der Waals surface area contributed by atoms with E-state index < -0.39 is 35.8 Å². The molecule has 13 heteroatoms. The van der Waals surface area contributed by atoms with Crippen molar-refractivity contribution in [3.05, 3.63) is 117 Å². The summed E-state index contributed by atoms with van der Waals surface area (Å²) < 4.78 is 5.33. The summed E-state index contributed by atoms with van der Waals surface area (Å²) in [5.74, 6) is -2.29. The quantitative estimate of drug-likeness (QED) is 0.0904. The van der Waals surface area contributed by atoms with Crippen LogP contribution in [0.25, 0.3) is 21.1 Å². The van der Waals surface area contributed by atoms with Crippen molar-refractivity contribution in [3.63, 3.8) is 0 Å². The Morgan fingerprint density at radius 3 is 1.77 bits per heavy atom. The van der Waals surface area contributed by atoms with Crippen molar-refractivity contribution in [2.75, 3.05) is 0 Å². The van der Waals surface area contributed by atoms with Gasteiger partial charge in [0.1, 0.15) is 21.4 Å². The highest BCUT2D eigenvalue weighted by Gasteiger charge is 2.30. The lowest BCUT2D eigenvalue weighted by atomic mass is 9.82. The summed E-state index contributed by atoms with van der Waals surface area (Å²) >= 11 is 14.7. The molecule has 2 atom stereocenters. The minimum Gasteiger partial charge on any atom is -0.393 e. The molecule has 268 valence electrons. The van der Waals surface area contributed by atoms with Crippen molar-refractivity contribution in [2.24, 2.45) is 5.92 Å². The highest BCUT2D eigenvalue weighted by Crippen LogP contribution is 2.30. The molecule has 0 spiro atoms. The molecule has 1 aliphatic carbocycles. The number of amides is 2.